The lowest BCUT2D eigenvalue weighted by Crippen LogP contribution is -2.27. The number of rotatable bonds is 5. The third kappa shape index (κ3) is 3.52. The second-order valence-electron chi connectivity index (χ2n) is 5.82. The van der Waals surface area contributed by atoms with Crippen LogP contribution in [0.15, 0.2) is 35.5 Å². The summed E-state index contributed by atoms with van der Waals surface area (Å²) in [5, 5.41) is 9.48. The lowest BCUT2D eigenvalue weighted by molar-refractivity contribution is -0.113. The molecule has 3 aromatic heterocycles. The maximum atomic E-state index is 14.0. The summed E-state index contributed by atoms with van der Waals surface area (Å²) in [5.41, 5.74) is 6.48. The second kappa shape index (κ2) is 6.89. The molecule has 0 saturated heterocycles. The normalized spacial score (nSPS) is 12.7. The molecule has 0 fully saturated rings. The zero-order valence-electron chi connectivity index (χ0n) is 13.8. The Balaban J connectivity index is 2.10. The van der Waals surface area contributed by atoms with E-state index in [2.05, 4.69) is 15.0 Å². The Bertz CT molecular complexity index is 1070. The molecule has 26 heavy (non-hydrogen) atoms. The van der Waals surface area contributed by atoms with Crippen molar-refractivity contribution >= 4 is 23.1 Å². The fourth-order valence-corrected chi connectivity index (χ4v) is 2.51. The third-order valence-electron chi connectivity index (χ3n) is 3.64. The number of hydrogen-bond donors (Lipinski definition) is 3. The highest BCUT2D eigenvalue weighted by molar-refractivity contribution is 5.93. The van der Waals surface area contributed by atoms with Gasteiger partial charge in [0.15, 0.2) is 11.5 Å². The molecule has 0 unspecified atom stereocenters. The summed E-state index contributed by atoms with van der Waals surface area (Å²) in [5.74, 6) is -1.55. The van der Waals surface area contributed by atoms with Crippen molar-refractivity contribution in [2.75, 3.05) is 0 Å². The molecule has 4 N–H and O–H groups in total. The summed E-state index contributed by atoms with van der Waals surface area (Å²) in [6.07, 6.45) is 6.34. The van der Waals surface area contributed by atoms with Crippen LogP contribution in [0.3, 0.4) is 0 Å². The van der Waals surface area contributed by atoms with Gasteiger partial charge in [-0.25, -0.2) is 14.4 Å². The number of aromatic nitrogens is 4. The number of nitrogens with one attached hydrogen (secondary N) is 1. The number of hydrogen-bond acceptors (Lipinski definition) is 5. The average Bonchev–Trinajstić information content (AvgIpc) is 2.98. The molecule has 0 spiro atoms. The first-order valence-corrected chi connectivity index (χ1v) is 7.75. The van der Waals surface area contributed by atoms with E-state index in [-0.39, 0.29) is 6.54 Å². The number of aliphatic hydroxyl groups is 1. The minimum Gasteiger partial charge on any atom is -0.392 e. The fourth-order valence-electron chi connectivity index (χ4n) is 2.51. The van der Waals surface area contributed by atoms with Crippen LogP contribution >= 0.6 is 0 Å². The molecule has 134 valence electrons. The summed E-state index contributed by atoms with van der Waals surface area (Å²) in [4.78, 5) is 34.3. The Morgan fingerprint density at radius 3 is 3.00 bits per heavy atom. The van der Waals surface area contributed by atoms with Gasteiger partial charge >= 0.3 is 0 Å². The summed E-state index contributed by atoms with van der Waals surface area (Å²) in [7, 11) is 0. The van der Waals surface area contributed by atoms with Gasteiger partial charge in [0, 0.05) is 29.6 Å². The highest BCUT2D eigenvalue weighted by Gasteiger charge is 2.12. The van der Waals surface area contributed by atoms with Crippen LogP contribution in [0.4, 0.5) is 4.39 Å². The number of nitrogens with two attached hydrogens (primary N) is 1. The minimum absolute atomic E-state index is 0.0456. The van der Waals surface area contributed by atoms with E-state index in [4.69, 9.17) is 5.73 Å². The zero-order chi connectivity index (χ0) is 18.8. The number of fused-ring (bicyclic) bond motifs is 1. The Morgan fingerprint density at radius 1 is 1.54 bits per heavy atom. The lowest BCUT2D eigenvalue weighted by atomic mass is 10.2. The average molecular weight is 357 g/mol. The maximum Gasteiger partial charge on any atom is 0.286 e. The van der Waals surface area contributed by atoms with Gasteiger partial charge in [-0.3, -0.25) is 9.59 Å². The van der Waals surface area contributed by atoms with Gasteiger partial charge in [0.1, 0.15) is 5.52 Å². The van der Waals surface area contributed by atoms with Crippen molar-refractivity contribution < 1.29 is 14.3 Å². The SMILES string of the molecule is C[C@@H](O)Cn1cc(-c2cnc3[nH]cc(/C=C/C(N)=O)c3n2)cc(F)c1=O. The standard InChI is InChI=1S/C17H16FN5O3/c1-9(24)7-23-8-11(4-12(18)17(23)26)13-6-21-16-15(22-13)10(5-20-16)2-3-14(19)25/h2-6,8-9,24H,7H2,1H3,(H2,19,25)(H,20,21)/b3-2+/t9-/m1/s1. The number of aromatic amines is 1. The molecular weight excluding hydrogens is 341 g/mol. The molecule has 3 heterocycles. The van der Waals surface area contributed by atoms with Crippen molar-refractivity contribution in [2.24, 2.45) is 5.73 Å². The van der Waals surface area contributed by atoms with E-state index in [9.17, 15) is 19.1 Å². The molecule has 0 radical (unpaired) electrons. The molecule has 0 aliphatic heterocycles. The van der Waals surface area contributed by atoms with E-state index >= 15 is 0 Å². The molecular formula is C17H16FN5O3. The number of pyridine rings is 1. The van der Waals surface area contributed by atoms with Crippen LogP contribution in [-0.4, -0.2) is 36.6 Å². The van der Waals surface area contributed by atoms with Crippen LogP contribution in [0.25, 0.3) is 28.5 Å². The number of amides is 1. The summed E-state index contributed by atoms with van der Waals surface area (Å²) >= 11 is 0. The number of H-pyrrole nitrogens is 1. The van der Waals surface area contributed by atoms with Gasteiger partial charge < -0.3 is 20.4 Å². The van der Waals surface area contributed by atoms with Crippen LogP contribution in [0, 0.1) is 5.82 Å². The first-order valence-electron chi connectivity index (χ1n) is 7.75. The Morgan fingerprint density at radius 2 is 2.31 bits per heavy atom. The maximum absolute atomic E-state index is 14.0. The largest absolute Gasteiger partial charge is 0.392 e. The van der Waals surface area contributed by atoms with E-state index in [0.717, 1.165) is 10.6 Å². The van der Waals surface area contributed by atoms with Crippen molar-refractivity contribution in [1.82, 2.24) is 19.5 Å². The van der Waals surface area contributed by atoms with Gasteiger partial charge in [0.05, 0.1) is 24.5 Å². The minimum atomic E-state index is -0.951. The van der Waals surface area contributed by atoms with E-state index < -0.39 is 23.4 Å². The lowest BCUT2D eigenvalue weighted by Gasteiger charge is -2.10. The van der Waals surface area contributed by atoms with Crippen LogP contribution in [0.2, 0.25) is 0 Å². The number of nitrogens with zero attached hydrogens (tertiary/aromatic N) is 3. The molecule has 3 rings (SSSR count). The summed E-state index contributed by atoms with van der Waals surface area (Å²) in [6, 6.07) is 1.07. The number of aliphatic hydroxyl groups excluding tert-OH is 1. The highest BCUT2D eigenvalue weighted by Crippen LogP contribution is 2.21. The molecule has 0 aromatic carbocycles. The number of halogens is 1. The fraction of sp³-hybridized carbons (Fsp3) is 0.176. The number of carbonyl (C=O) groups excluding carboxylic acids is 1. The molecule has 1 amide bonds. The van der Waals surface area contributed by atoms with Gasteiger partial charge in [-0.05, 0) is 19.1 Å². The van der Waals surface area contributed by atoms with Gasteiger partial charge in [-0.15, -0.1) is 0 Å². The molecule has 3 aromatic rings. The molecule has 1 atom stereocenters. The van der Waals surface area contributed by atoms with Crippen molar-refractivity contribution in [3.63, 3.8) is 0 Å². The molecule has 0 aliphatic rings. The number of carbonyl (C=O) groups is 1. The van der Waals surface area contributed by atoms with E-state index in [1.165, 1.54) is 31.5 Å². The predicted molar refractivity (Wildman–Crippen MR) is 93.5 cm³/mol. The monoisotopic (exact) mass is 357 g/mol. The van der Waals surface area contributed by atoms with Crippen molar-refractivity contribution in [3.05, 3.63) is 52.5 Å². The Labute approximate surface area is 146 Å². The molecule has 0 aliphatic carbocycles. The molecule has 0 saturated carbocycles. The van der Waals surface area contributed by atoms with E-state index in [0.29, 0.717) is 28.0 Å². The third-order valence-corrected chi connectivity index (χ3v) is 3.64. The molecule has 8 nitrogen and oxygen atoms in total. The van der Waals surface area contributed by atoms with Gasteiger partial charge in [-0.1, -0.05) is 0 Å². The predicted octanol–water partition coefficient (Wildman–Crippen LogP) is 0.805. The zero-order valence-corrected chi connectivity index (χ0v) is 13.8. The second-order valence-corrected chi connectivity index (χ2v) is 5.82. The van der Waals surface area contributed by atoms with Crippen LogP contribution in [0.5, 0.6) is 0 Å². The summed E-state index contributed by atoms with van der Waals surface area (Å²) in [6.45, 7) is 1.45. The smallest absolute Gasteiger partial charge is 0.286 e. The van der Waals surface area contributed by atoms with E-state index in [1.54, 1.807) is 6.20 Å². The van der Waals surface area contributed by atoms with Gasteiger partial charge in [0.25, 0.3) is 5.56 Å². The Hall–Kier alpha value is -3.33. The van der Waals surface area contributed by atoms with Crippen LogP contribution in [0.1, 0.15) is 12.5 Å². The highest BCUT2D eigenvalue weighted by atomic mass is 19.1. The van der Waals surface area contributed by atoms with E-state index in [1.807, 2.05) is 0 Å². The Kier molecular flexibility index (Phi) is 4.63. The number of primary amides is 1. The van der Waals surface area contributed by atoms with Gasteiger partial charge in [0.2, 0.25) is 5.91 Å². The topological polar surface area (TPSA) is 127 Å². The van der Waals surface area contributed by atoms with Gasteiger partial charge in [-0.2, -0.15) is 0 Å². The van der Waals surface area contributed by atoms with Crippen molar-refractivity contribution in [1.29, 1.82) is 0 Å². The first-order chi connectivity index (χ1) is 12.3. The molecule has 0 bridgehead atoms. The van der Waals surface area contributed by atoms with Crippen molar-refractivity contribution in [2.45, 2.75) is 19.6 Å². The van der Waals surface area contributed by atoms with Crippen LogP contribution in [-0.2, 0) is 11.3 Å². The summed E-state index contributed by atoms with van der Waals surface area (Å²) < 4.78 is 15.1. The molecule has 9 heteroatoms. The van der Waals surface area contributed by atoms with Crippen molar-refractivity contribution in [3.8, 4) is 11.3 Å². The first kappa shape index (κ1) is 17.5. The van der Waals surface area contributed by atoms with Crippen LogP contribution < -0.4 is 11.3 Å². The quantitative estimate of drug-likeness (QED) is 0.582.